The molecule has 2 N–H and O–H groups in total. The maximum Gasteiger partial charge on any atom is 0.303 e. The van der Waals surface area contributed by atoms with Crippen LogP contribution in [0.2, 0.25) is 0 Å². The van der Waals surface area contributed by atoms with E-state index in [-0.39, 0.29) is 24.7 Å². The van der Waals surface area contributed by atoms with Crippen molar-refractivity contribution in [1.82, 2.24) is 5.32 Å². The summed E-state index contributed by atoms with van der Waals surface area (Å²) in [6.45, 7) is 3.11. The molecule has 5 rings (SSSR count). The molecule has 1 amide bonds. The van der Waals surface area contributed by atoms with Gasteiger partial charge in [-0.05, 0) is 46.9 Å². The van der Waals surface area contributed by atoms with E-state index in [1.807, 2.05) is 97.1 Å². The lowest BCUT2D eigenvalue weighted by Crippen LogP contribution is -2.35. The minimum Gasteiger partial charge on any atom is -0.496 e. The number of thioether (sulfide) groups is 1. The Kier molecular flexibility index (Phi) is 11.5. The molecule has 4 aromatic carbocycles. The zero-order valence-corrected chi connectivity index (χ0v) is 27.0. The maximum atomic E-state index is 12.4. The predicted octanol–water partition coefficient (Wildman–Crippen LogP) is 6.76. The molecule has 46 heavy (non-hydrogen) atoms. The molecule has 0 aromatic heterocycles. The number of para-hydroxylation sites is 1. The van der Waals surface area contributed by atoms with Crippen LogP contribution in [0.15, 0.2) is 102 Å². The first-order valence-electron chi connectivity index (χ1n) is 15.2. The lowest BCUT2D eigenvalue weighted by atomic mass is 9.97. The molecule has 0 radical (unpaired) electrons. The molecule has 0 aliphatic carbocycles. The Morgan fingerprint density at radius 2 is 1.63 bits per heavy atom. The smallest absolute Gasteiger partial charge is 0.303 e. The Balaban J connectivity index is 1.33. The van der Waals surface area contributed by atoms with Crippen molar-refractivity contribution < 1.29 is 33.6 Å². The first-order chi connectivity index (χ1) is 22.3. The van der Waals surface area contributed by atoms with Crippen molar-refractivity contribution in [3.05, 3.63) is 119 Å². The number of aliphatic hydroxyl groups excluding tert-OH is 1. The third-order valence-corrected chi connectivity index (χ3v) is 8.97. The van der Waals surface area contributed by atoms with Gasteiger partial charge in [-0.2, -0.15) is 0 Å². The lowest BCUT2D eigenvalue weighted by Gasteiger charge is -2.36. The minimum atomic E-state index is -0.868. The number of nitrogens with one attached hydrogen (secondary N) is 1. The molecular formula is C37H39NO7S. The molecule has 1 aliphatic heterocycles. The molecule has 1 fully saturated rings. The van der Waals surface area contributed by atoms with Gasteiger partial charge in [0, 0.05) is 36.1 Å². The quantitative estimate of drug-likeness (QED) is 0.129. The second-order valence-electron chi connectivity index (χ2n) is 11.1. The van der Waals surface area contributed by atoms with E-state index in [0.29, 0.717) is 13.0 Å². The van der Waals surface area contributed by atoms with Gasteiger partial charge in [-0.25, -0.2) is 0 Å². The Morgan fingerprint density at radius 1 is 0.935 bits per heavy atom. The molecule has 4 atom stereocenters. The SMILES string of the molecule is COc1ccccc1SC[C@H]1C[C@@H](c2ccc(CO)cc2)O[C@@H](c2ccc(-c3ccccc3CNC(=O)[C@H](C)OC(C)=O)cc2)O1. The number of esters is 1. The molecular weight excluding hydrogens is 602 g/mol. The number of rotatable bonds is 12. The van der Waals surface area contributed by atoms with E-state index in [9.17, 15) is 14.7 Å². The number of carbonyl (C=O) groups excluding carboxylic acids is 2. The normalized spacial score (nSPS) is 18.4. The standard InChI is InChI=1S/C37H39NO7S/c1-24(43-25(2)40)36(41)38-21-30-8-4-5-9-32(30)27-16-18-29(19-17-27)37-44-31(23-46-35-11-7-6-10-33(35)42-3)20-34(45-37)28-14-12-26(22-39)13-15-28/h4-19,24,31,34,37,39H,20-23H2,1-3H3,(H,38,41)/t24-,31+,34-,37-/m0/s1. The average Bonchev–Trinajstić information content (AvgIpc) is 3.09. The second-order valence-corrected chi connectivity index (χ2v) is 12.1. The molecule has 0 unspecified atom stereocenters. The number of ether oxygens (including phenoxy) is 4. The summed E-state index contributed by atoms with van der Waals surface area (Å²) in [4.78, 5) is 24.7. The first kappa shape index (κ1) is 33.2. The Morgan fingerprint density at radius 3 is 2.35 bits per heavy atom. The number of hydrogen-bond donors (Lipinski definition) is 2. The molecule has 0 bridgehead atoms. The highest BCUT2D eigenvalue weighted by atomic mass is 32.2. The molecule has 4 aromatic rings. The summed E-state index contributed by atoms with van der Waals surface area (Å²) in [6, 6.07) is 31.8. The van der Waals surface area contributed by atoms with Crippen molar-refractivity contribution in [1.29, 1.82) is 0 Å². The van der Waals surface area contributed by atoms with E-state index in [0.717, 1.165) is 49.8 Å². The fourth-order valence-corrected chi connectivity index (χ4v) is 6.40. The number of methoxy groups -OCH3 is 1. The topological polar surface area (TPSA) is 103 Å². The Hall–Kier alpha value is -4.15. The summed E-state index contributed by atoms with van der Waals surface area (Å²) >= 11 is 1.70. The van der Waals surface area contributed by atoms with Gasteiger partial charge in [0.05, 0.1) is 25.9 Å². The third kappa shape index (κ3) is 8.55. The molecule has 8 nitrogen and oxygen atoms in total. The summed E-state index contributed by atoms with van der Waals surface area (Å²) in [5.41, 5.74) is 5.68. The second kappa shape index (κ2) is 15.9. The van der Waals surface area contributed by atoms with Crippen LogP contribution < -0.4 is 10.1 Å². The molecule has 0 spiro atoms. The van der Waals surface area contributed by atoms with Crippen LogP contribution in [-0.4, -0.2) is 42.1 Å². The summed E-state index contributed by atoms with van der Waals surface area (Å²) in [5.74, 6) is 0.702. The van der Waals surface area contributed by atoms with Crippen LogP contribution in [0.1, 0.15) is 54.9 Å². The average molecular weight is 642 g/mol. The fraction of sp³-hybridized carbons (Fsp3) is 0.297. The van der Waals surface area contributed by atoms with Gasteiger partial charge < -0.3 is 29.4 Å². The summed E-state index contributed by atoms with van der Waals surface area (Å²) < 4.78 is 23.6. The Bertz CT molecular complexity index is 1610. The predicted molar refractivity (Wildman–Crippen MR) is 177 cm³/mol. The number of aliphatic hydroxyl groups is 1. The van der Waals surface area contributed by atoms with Gasteiger partial charge in [-0.3, -0.25) is 9.59 Å². The van der Waals surface area contributed by atoms with Crippen molar-refractivity contribution in [3.63, 3.8) is 0 Å². The number of amides is 1. The number of hydrogen-bond acceptors (Lipinski definition) is 8. The van der Waals surface area contributed by atoms with Gasteiger partial charge in [-0.15, -0.1) is 11.8 Å². The first-order valence-corrected chi connectivity index (χ1v) is 16.2. The monoisotopic (exact) mass is 641 g/mol. The van der Waals surface area contributed by atoms with Crippen LogP contribution >= 0.6 is 11.8 Å². The van der Waals surface area contributed by atoms with Gasteiger partial charge in [0.2, 0.25) is 0 Å². The van der Waals surface area contributed by atoms with Gasteiger partial charge in [-0.1, -0.05) is 84.9 Å². The molecule has 240 valence electrons. The van der Waals surface area contributed by atoms with E-state index in [1.54, 1.807) is 25.8 Å². The van der Waals surface area contributed by atoms with E-state index in [4.69, 9.17) is 18.9 Å². The van der Waals surface area contributed by atoms with Crippen LogP contribution in [0.5, 0.6) is 5.75 Å². The fourth-order valence-electron chi connectivity index (χ4n) is 5.35. The zero-order valence-electron chi connectivity index (χ0n) is 26.2. The molecule has 0 saturated carbocycles. The van der Waals surface area contributed by atoms with Gasteiger partial charge in [0.25, 0.3) is 5.91 Å². The van der Waals surface area contributed by atoms with Gasteiger partial charge >= 0.3 is 5.97 Å². The highest BCUT2D eigenvalue weighted by molar-refractivity contribution is 7.99. The van der Waals surface area contributed by atoms with Crippen molar-refractivity contribution in [2.24, 2.45) is 0 Å². The van der Waals surface area contributed by atoms with Crippen molar-refractivity contribution in [3.8, 4) is 16.9 Å². The number of carbonyl (C=O) groups is 2. The minimum absolute atomic E-state index is 0.00896. The molecule has 9 heteroatoms. The summed E-state index contributed by atoms with van der Waals surface area (Å²) in [5, 5.41) is 12.4. The van der Waals surface area contributed by atoms with Crippen molar-refractivity contribution >= 4 is 23.6 Å². The van der Waals surface area contributed by atoms with E-state index < -0.39 is 18.4 Å². The van der Waals surface area contributed by atoms with Crippen LogP contribution in [0.4, 0.5) is 0 Å². The molecule has 1 heterocycles. The van der Waals surface area contributed by atoms with E-state index in [1.165, 1.54) is 6.92 Å². The Labute approximate surface area is 274 Å². The zero-order chi connectivity index (χ0) is 32.5. The summed E-state index contributed by atoms with van der Waals surface area (Å²) in [6.07, 6.45) is -1.04. The van der Waals surface area contributed by atoms with Crippen LogP contribution in [-0.2, 0) is 37.0 Å². The van der Waals surface area contributed by atoms with E-state index in [2.05, 4.69) is 5.32 Å². The van der Waals surface area contributed by atoms with Crippen molar-refractivity contribution in [2.75, 3.05) is 12.9 Å². The van der Waals surface area contributed by atoms with Gasteiger partial charge in [0.1, 0.15) is 5.75 Å². The number of benzene rings is 4. The van der Waals surface area contributed by atoms with E-state index >= 15 is 0 Å². The lowest BCUT2D eigenvalue weighted by molar-refractivity contribution is -0.245. The van der Waals surface area contributed by atoms with Crippen LogP contribution in [0.3, 0.4) is 0 Å². The highest BCUT2D eigenvalue weighted by Crippen LogP contribution is 2.41. The largest absolute Gasteiger partial charge is 0.496 e. The van der Waals surface area contributed by atoms with Gasteiger partial charge in [0.15, 0.2) is 12.4 Å². The molecule has 1 saturated heterocycles. The maximum absolute atomic E-state index is 12.4. The molecule has 1 aliphatic rings. The van der Waals surface area contributed by atoms with Crippen molar-refractivity contribution in [2.45, 2.75) is 62.9 Å². The highest BCUT2D eigenvalue weighted by Gasteiger charge is 2.32. The van der Waals surface area contributed by atoms with Crippen LogP contribution in [0.25, 0.3) is 11.1 Å². The summed E-state index contributed by atoms with van der Waals surface area (Å²) in [7, 11) is 1.68. The van der Waals surface area contributed by atoms with Crippen LogP contribution in [0, 0.1) is 0 Å². The third-order valence-electron chi connectivity index (χ3n) is 7.79.